The highest BCUT2D eigenvalue weighted by atomic mass is 16.5. The van der Waals surface area contributed by atoms with Gasteiger partial charge in [-0.1, -0.05) is 81.4 Å². The zero-order valence-corrected chi connectivity index (χ0v) is 19.0. The van der Waals surface area contributed by atoms with Gasteiger partial charge in [0.25, 0.3) is 0 Å². The van der Waals surface area contributed by atoms with Crippen molar-refractivity contribution < 1.29 is 9.84 Å². The van der Waals surface area contributed by atoms with Crippen LogP contribution in [0.3, 0.4) is 0 Å². The molecule has 2 aliphatic rings. The van der Waals surface area contributed by atoms with E-state index in [1.54, 1.807) is 0 Å². The lowest BCUT2D eigenvalue weighted by molar-refractivity contribution is -0.0745. The summed E-state index contributed by atoms with van der Waals surface area (Å²) in [5.74, 6) is 1.69. The van der Waals surface area contributed by atoms with E-state index in [4.69, 9.17) is 4.74 Å². The quantitative estimate of drug-likeness (QED) is 0.637. The van der Waals surface area contributed by atoms with Crippen LogP contribution >= 0.6 is 0 Å². The molecule has 0 spiro atoms. The molecule has 4 heteroatoms. The first-order valence-electron chi connectivity index (χ1n) is 11.3. The number of fused-ring (bicyclic) bond motifs is 3. The van der Waals surface area contributed by atoms with Crippen LogP contribution in [0.2, 0.25) is 0 Å². The van der Waals surface area contributed by atoms with Gasteiger partial charge in [-0.05, 0) is 34.2 Å². The smallest absolute Gasteiger partial charge is 0.169 e. The maximum atomic E-state index is 11.8. The van der Waals surface area contributed by atoms with Crippen molar-refractivity contribution in [3.8, 4) is 5.75 Å². The Morgan fingerprint density at radius 2 is 1.69 bits per heavy atom. The van der Waals surface area contributed by atoms with Crippen molar-refractivity contribution in [2.24, 2.45) is 4.99 Å². The Labute approximate surface area is 190 Å². The molecule has 32 heavy (non-hydrogen) atoms. The number of amidine groups is 1. The first-order chi connectivity index (χ1) is 15.3. The van der Waals surface area contributed by atoms with Gasteiger partial charge in [-0.25, -0.2) is 0 Å². The number of ether oxygens (including phenoxy) is 1. The lowest BCUT2D eigenvalue weighted by atomic mass is 9.86. The van der Waals surface area contributed by atoms with Crippen LogP contribution in [0.4, 0.5) is 0 Å². The molecule has 164 valence electrons. The molecule has 0 aliphatic carbocycles. The Hall–Kier alpha value is -3.11. The minimum atomic E-state index is -1.09. The summed E-state index contributed by atoms with van der Waals surface area (Å²) in [5, 5.41) is 11.8. The number of hydrogen-bond donors (Lipinski definition) is 1. The highest BCUT2D eigenvalue weighted by molar-refractivity contribution is 6.02. The lowest BCUT2D eigenvalue weighted by Gasteiger charge is -2.43. The SMILES string of the molecule is CC(C)(C)c1ccc(COc2ccc(C3(O)Cc4ccccc4C4=NCCN43)cc2)cc1. The topological polar surface area (TPSA) is 45.1 Å². The van der Waals surface area contributed by atoms with E-state index in [0.717, 1.165) is 40.4 Å². The van der Waals surface area contributed by atoms with Crippen molar-refractivity contribution in [2.45, 2.75) is 44.9 Å². The Kier molecular flexibility index (Phi) is 5.06. The minimum Gasteiger partial charge on any atom is -0.489 e. The van der Waals surface area contributed by atoms with E-state index >= 15 is 0 Å². The zero-order chi connectivity index (χ0) is 22.3. The van der Waals surface area contributed by atoms with Gasteiger partial charge in [0.1, 0.15) is 18.2 Å². The molecular weight excluding hydrogens is 396 g/mol. The second kappa shape index (κ2) is 7.79. The standard InChI is InChI=1S/C28H30N2O2/c1-27(2,3)22-10-8-20(9-11-22)19-32-24-14-12-23(13-15-24)28(31)18-21-6-4-5-7-25(21)26-29-16-17-30(26)28/h4-15,31H,16-19H2,1-3H3. The summed E-state index contributed by atoms with van der Waals surface area (Å²) in [5.41, 5.74) is 4.64. The number of rotatable bonds is 4. The number of nitrogens with zero attached hydrogens (tertiary/aromatic N) is 2. The molecule has 0 saturated heterocycles. The van der Waals surface area contributed by atoms with Gasteiger partial charge in [-0.2, -0.15) is 0 Å². The van der Waals surface area contributed by atoms with Gasteiger partial charge in [-0.3, -0.25) is 4.99 Å². The van der Waals surface area contributed by atoms with Gasteiger partial charge in [0.15, 0.2) is 5.72 Å². The van der Waals surface area contributed by atoms with Gasteiger partial charge < -0.3 is 14.7 Å². The average Bonchev–Trinajstić information content (AvgIpc) is 3.29. The van der Waals surface area contributed by atoms with Crippen LogP contribution in [-0.2, 0) is 24.2 Å². The number of aliphatic imine (C=N–C) groups is 1. The molecule has 0 saturated carbocycles. The van der Waals surface area contributed by atoms with Crippen LogP contribution in [0.1, 0.15) is 48.6 Å². The Morgan fingerprint density at radius 1 is 0.969 bits per heavy atom. The van der Waals surface area contributed by atoms with Crippen molar-refractivity contribution >= 4 is 5.84 Å². The first-order valence-corrected chi connectivity index (χ1v) is 11.3. The third-order valence-electron chi connectivity index (χ3n) is 6.52. The van der Waals surface area contributed by atoms with Crippen molar-refractivity contribution in [3.05, 3.63) is 101 Å². The van der Waals surface area contributed by atoms with Gasteiger partial charge in [0.2, 0.25) is 0 Å². The summed E-state index contributed by atoms with van der Waals surface area (Å²) in [7, 11) is 0. The van der Waals surface area contributed by atoms with Gasteiger partial charge in [-0.15, -0.1) is 0 Å². The molecule has 5 rings (SSSR count). The van der Waals surface area contributed by atoms with Crippen LogP contribution in [0, 0.1) is 0 Å². The normalized spacial score (nSPS) is 19.9. The van der Waals surface area contributed by atoms with Crippen molar-refractivity contribution in [1.29, 1.82) is 0 Å². The number of hydrogen-bond acceptors (Lipinski definition) is 4. The van der Waals surface area contributed by atoms with Crippen molar-refractivity contribution in [3.63, 3.8) is 0 Å². The van der Waals surface area contributed by atoms with Crippen LogP contribution in [0.25, 0.3) is 0 Å². The summed E-state index contributed by atoms with van der Waals surface area (Å²) < 4.78 is 6.02. The van der Waals surface area contributed by atoms with Crippen molar-refractivity contribution in [2.75, 3.05) is 13.1 Å². The second-order valence-corrected chi connectivity index (χ2v) is 9.77. The van der Waals surface area contributed by atoms with Crippen LogP contribution in [0.5, 0.6) is 5.75 Å². The summed E-state index contributed by atoms with van der Waals surface area (Å²) in [4.78, 5) is 6.72. The summed E-state index contributed by atoms with van der Waals surface area (Å²) >= 11 is 0. The van der Waals surface area contributed by atoms with E-state index in [1.165, 1.54) is 5.56 Å². The van der Waals surface area contributed by atoms with Gasteiger partial charge >= 0.3 is 0 Å². The highest BCUT2D eigenvalue weighted by Crippen LogP contribution is 2.39. The molecule has 1 N–H and O–H groups in total. The van der Waals surface area contributed by atoms with E-state index in [1.807, 2.05) is 41.3 Å². The second-order valence-electron chi connectivity index (χ2n) is 9.77. The van der Waals surface area contributed by atoms with Crippen LogP contribution in [-0.4, -0.2) is 28.9 Å². The molecule has 0 bridgehead atoms. The summed E-state index contributed by atoms with van der Waals surface area (Å²) in [6.45, 7) is 8.61. The Bertz CT molecular complexity index is 1140. The molecule has 0 aromatic heterocycles. The Balaban J connectivity index is 1.32. The molecule has 0 radical (unpaired) electrons. The molecule has 2 aliphatic heterocycles. The van der Waals surface area contributed by atoms with E-state index in [0.29, 0.717) is 19.6 Å². The molecule has 1 unspecified atom stereocenters. The molecule has 0 amide bonds. The van der Waals surface area contributed by atoms with E-state index in [2.05, 4.69) is 62.2 Å². The zero-order valence-electron chi connectivity index (χ0n) is 19.0. The minimum absolute atomic E-state index is 0.148. The maximum absolute atomic E-state index is 11.8. The third kappa shape index (κ3) is 3.69. The molecular formula is C28H30N2O2. The largest absolute Gasteiger partial charge is 0.489 e. The lowest BCUT2D eigenvalue weighted by Crippen LogP contribution is -2.53. The van der Waals surface area contributed by atoms with Crippen LogP contribution < -0.4 is 4.74 Å². The summed E-state index contributed by atoms with van der Waals surface area (Å²) in [6, 6.07) is 24.7. The molecule has 3 aromatic carbocycles. The molecule has 3 aromatic rings. The predicted molar refractivity (Wildman–Crippen MR) is 128 cm³/mol. The van der Waals surface area contributed by atoms with E-state index in [9.17, 15) is 5.11 Å². The Morgan fingerprint density at radius 3 is 2.41 bits per heavy atom. The first kappa shape index (κ1) is 20.8. The molecule has 0 fully saturated rings. The summed E-state index contributed by atoms with van der Waals surface area (Å²) in [6.07, 6.45) is 0.544. The molecule has 4 nitrogen and oxygen atoms in total. The van der Waals surface area contributed by atoms with E-state index < -0.39 is 5.72 Å². The van der Waals surface area contributed by atoms with Crippen molar-refractivity contribution in [1.82, 2.24) is 4.90 Å². The number of benzene rings is 3. The molecule has 2 heterocycles. The third-order valence-corrected chi connectivity index (χ3v) is 6.52. The number of aliphatic hydroxyl groups is 1. The fraction of sp³-hybridized carbons (Fsp3) is 0.321. The fourth-order valence-electron chi connectivity index (χ4n) is 4.64. The predicted octanol–water partition coefficient (Wildman–Crippen LogP) is 5.03. The van der Waals surface area contributed by atoms with E-state index in [-0.39, 0.29) is 5.41 Å². The van der Waals surface area contributed by atoms with Crippen LogP contribution in [0.15, 0.2) is 77.8 Å². The van der Waals surface area contributed by atoms with Gasteiger partial charge in [0, 0.05) is 24.1 Å². The molecule has 1 atom stereocenters. The monoisotopic (exact) mass is 426 g/mol. The van der Waals surface area contributed by atoms with Gasteiger partial charge in [0.05, 0.1) is 6.54 Å². The maximum Gasteiger partial charge on any atom is 0.169 e. The highest BCUT2D eigenvalue weighted by Gasteiger charge is 2.44. The fourth-order valence-corrected chi connectivity index (χ4v) is 4.64. The average molecular weight is 427 g/mol.